The molecule has 0 saturated heterocycles. The van der Waals surface area contributed by atoms with Crippen molar-refractivity contribution in [2.24, 2.45) is 11.7 Å². The Bertz CT molecular complexity index is 1800. The van der Waals surface area contributed by atoms with E-state index in [0.29, 0.717) is 40.2 Å². The third kappa shape index (κ3) is 5.18. The summed E-state index contributed by atoms with van der Waals surface area (Å²) in [5.41, 5.74) is 9.24. The van der Waals surface area contributed by atoms with E-state index >= 15 is 0 Å². The van der Waals surface area contributed by atoms with Crippen LogP contribution in [0.4, 0.5) is 0 Å². The van der Waals surface area contributed by atoms with Gasteiger partial charge in [0.25, 0.3) is 5.91 Å². The second-order valence-electron chi connectivity index (χ2n) is 10.1. The van der Waals surface area contributed by atoms with Gasteiger partial charge in [-0.2, -0.15) is 0 Å². The number of benzene rings is 3. The topological polar surface area (TPSA) is 129 Å². The molecule has 2 heterocycles. The van der Waals surface area contributed by atoms with Crippen LogP contribution in [0.3, 0.4) is 0 Å². The number of hydrogen-bond donors (Lipinski definition) is 2. The van der Waals surface area contributed by atoms with E-state index in [4.69, 9.17) is 19.9 Å². The van der Waals surface area contributed by atoms with Crippen molar-refractivity contribution in [3.63, 3.8) is 0 Å². The summed E-state index contributed by atoms with van der Waals surface area (Å²) in [5.74, 6) is 1.74. The van der Waals surface area contributed by atoms with E-state index in [9.17, 15) is 14.4 Å². The molecule has 5 aromatic rings. The van der Waals surface area contributed by atoms with Crippen LogP contribution in [0.15, 0.2) is 75.9 Å². The summed E-state index contributed by atoms with van der Waals surface area (Å²) in [6.45, 7) is 0.629. The van der Waals surface area contributed by atoms with Gasteiger partial charge in [-0.3, -0.25) is 14.4 Å². The van der Waals surface area contributed by atoms with Crippen LogP contribution in [0.5, 0.6) is 5.75 Å². The van der Waals surface area contributed by atoms with Crippen LogP contribution in [0.25, 0.3) is 33.3 Å². The first-order valence-electron chi connectivity index (χ1n) is 13.1. The normalized spacial score (nSPS) is 13.0. The van der Waals surface area contributed by atoms with E-state index < -0.39 is 11.8 Å². The SMILES string of the molecule is COc1ccc(Cc2nc3cc4c(=O)cc(-c5ccc(C(=O)NCC(N)=O)cc5)oc4cc3n2CC2CC2)cc1. The second-order valence-corrected chi connectivity index (χ2v) is 10.1. The molecule has 1 aliphatic rings. The quantitative estimate of drug-likeness (QED) is 0.293. The van der Waals surface area contributed by atoms with E-state index in [1.54, 1.807) is 31.4 Å². The molecule has 0 bridgehead atoms. The maximum Gasteiger partial charge on any atom is 0.251 e. The molecule has 2 aromatic heterocycles. The van der Waals surface area contributed by atoms with E-state index in [1.165, 1.54) is 18.9 Å². The smallest absolute Gasteiger partial charge is 0.251 e. The molecule has 0 radical (unpaired) electrons. The Labute approximate surface area is 229 Å². The first-order chi connectivity index (χ1) is 19.4. The number of primary amides is 1. The molecule has 9 nitrogen and oxygen atoms in total. The van der Waals surface area contributed by atoms with Gasteiger partial charge in [0.15, 0.2) is 5.43 Å². The largest absolute Gasteiger partial charge is 0.497 e. The number of ether oxygens (including phenoxy) is 1. The number of methoxy groups -OCH3 is 1. The first-order valence-corrected chi connectivity index (χ1v) is 13.1. The molecule has 40 heavy (non-hydrogen) atoms. The Morgan fingerprint density at radius 2 is 1.82 bits per heavy atom. The average Bonchev–Trinajstić information content (AvgIpc) is 3.73. The van der Waals surface area contributed by atoms with Crippen LogP contribution >= 0.6 is 0 Å². The molecular weight excluding hydrogens is 508 g/mol. The summed E-state index contributed by atoms with van der Waals surface area (Å²) in [5, 5.41) is 2.92. The summed E-state index contributed by atoms with van der Waals surface area (Å²) < 4.78 is 13.8. The Morgan fingerprint density at radius 1 is 1.07 bits per heavy atom. The van der Waals surface area contributed by atoms with Crippen LogP contribution in [0, 0.1) is 5.92 Å². The number of carbonyl (C=O) groups is 2. The second kappa shape index (κ2) is 10.3. The number of nitrogens with zero attached hydrogens (tertiary/aromatic N) is 2. The number of rotatable bonds is 9. The Kier molecular flexibility index (Phi) is 6.55. The van der Waals surface area contributed by atoms with Crippen molar-refractivity contribution in [2.75, 3.05) is 13.7 Å². The summed E-state index contributed by atoms with van der Waals surface area (Å²) in [7, 11) is 1.65. The molecule has 2 amide bonds. The Balaban J connectivity index is 1.36. The van der Waals surface area contributed by atoms with Gasteiger partial charge in [-0.1, -0.05) is 24.3 Å². The zero-order valence-electron chi connectivity index (χ0n) is 22.0. The number of nitrogens with two attached hydrogens (primary N) is 1. The minimum Gasteiger partial charge on any atom is -0.497 e. The molecule has 0 atom stereocenters. The summed E-state index contributed by atoms with van der Waals surface area (Å²) in [6.07, 6.45) is 3.06. The molecule has 3 N–H and O–H groups in total. The van der Waals surface area contributed by atoms with Gasteiger partial charge in [-0.25, -0.2) is 4.98 Å². The van der Waals surface area contributed by atoms with Crippen LogP contribution in [-0.4, -0.2) is 35.0 Å². The Morgan fingerprint density at radius 3 is 2.50 bits per heavy atom. The molecule has 3 aromatic carbocycles. The molecule has 6 rings (SSSR count). The fourth-order valence-electron chi connectivity index (χ4n) is 4.84. The predicted molar refractivity (Wildman–Crippen MR) is 151 cm³/mol. The maximum absolute atomic E-state index is 13.2. The maximum atomic E-state index is 13.2. The van der Waals surface area contributed by atoms with Gasteiger partial charge in [0.2, 0.25) is 5.91 Å². The lowest BCUT2D eigenvalue weighted by molar-refractivity contribution is -0.117. The van der Waals surface area contributed by atoms with Crippen molar-refractivity contribution in [1.29, 1.82) is 0 Å². The summed E-state index contributed by atoms with van der Waals surface area (Å²) >= 11 is 0. The van der Waals surface area contributed by atoms with Crippen LogP contribution in [0.1, 0.15) is 34.6 Å². The van der Waals surface area contributed by atoms with Crippen molar-refractivity contribution in [3.05, 3.63) is 93.9 Å². The van der Waals surface area contributed by atoms with Crippen LogP contribution in [-0.2, 0) is 17.8 Å². The van der Waals surface area contributed by atoms with Crippen LogP contribution < -0.4 is 21.2 Å². The number of nitrogens with one attached hydrogen (secondary N) is 1. The molecule has 1 fully saturated rings. The molecule has 0 unspecified atom stereocenters. The fourth-order valence-corrected chi connectivity index (χ4v) is 4.84. The lowest BCUT2D eigenvalue weighted by Gasteiger charge is -2.10. The van der Waals surface area contributed by atoms with Gasteiger partial charge in [0.05, 0.1) is 30.1 Å². The van der Waals surface area contributed by atoms with Gasteiger partial charge in [0, 0.05) is 36.2 Å². The minimum atomic E-state index is -0.622. The molecule has 9 heteroatoms. The zero-order chi connectivity index (χ0) is 27.8. The monoisotopic (exact) mass is 536 g/mol. The third-order valence-corrected chi connectivity index (χ3v) is 7.19. The van der Waals surface area contributed by atoms with Gasteiger partial charge < -0.3 is 24.8 Å². The third-order valence-electron chi connectivity index (χ3n) is 7.19. The lowest BCUT2D eigenvalue weighted by atomic mass is 10.1. The highest BCUT2D eigenvalue weighted by Crippen LogP contribution is 2.34. The number of imidazole rings is 1. The number of hydrogen-bond acceptors (Lipinski definition) is 6. The minimum absolute atomic E-state index is 0.171. The summed E-state index contributed by atoms with van der Waals surface area (Å²) in [4.78, 5) is 41.2. The molecule has 0 spiro atoms. The van der Waals surface area contributed by atoms with Crippen molar-refractivity contribution in [1.82, 2.24) is 14.9 Å². The van der Waals surface area contributed by atoms with Gasteiger partial charge in [-0.15, -0.1) is 0 Å². The standard InChI is InChI=1S/C31H28N4O5/c1-39-22-10-4-18(5-11-22)12-30-34-24-13-23-26(36)15-27(40-28(23)14-25(24)35(30)17-19-2-3-19)20-6-8-21(9-7-20)31(38)33-16-29(32)37/h4-11,13-15,19H,2-3,12,16-17H2,1H3,(H2,32,37)(H,33,38). The highest BCUT2D eigenvalue weighted by molar-refractivity contribution is 5.97. The van der Waals surface area contributed by atoms with E-state index in [2.05, 4.69) is 9.88 Å². The van der Waals surface area contributed by atoms with Crippen molar-refractivity contribution in [2.45, 2.75) is 25.8 Å². The number of amides is 2. The highest BCUT2D eigenvalue weighted by atomic mass is 16.5. The predicted octanol–water partition coefficient (Wildman–Crippen LogP) is 4.03. The Hall–Kier alpha value is -4.92. The van der Waals surface area contributed by atoms with Gasteiger partial charge >= 0.3 is 0 Å². The van der Waals surface area contributed by atoms with E-state index in [0.717, 1.165) is 34.7 Å². The van der Waals surface area contributed by atoms with Crippen molar-refractivity contribution < 1.29 is 18.7 Å². The zero-order valence-corrected chi connectivity index (χ0v) is 22.0. The molecule has 202 valence electrons. The molecule has 0 aliphatic heterocycles. The van der Waals surface area contributed by atoms with Crippen molar-refractivity contribution in [3.8, 4) is 17.1 Å². The summed E-state index contributed by atoms with van der Waals surface area (Å²) in [6, 6.07) is 19.8. The lowest BCUT2D eigenvalue weighted by Crippen LogP contribution is -2.33. The van der Waals surface area contributed by atoms with Gasteiger partial charge in [0.1, 0.15) is 22.9 Å². The molecule has 1 aliphatic carbocycles. The van der Waals surface area contributed by atoms with E-state index in [1.807, 2.05) is 36.4 Å². The highest BCUT2D eigenvalue weighted by Gasteiger charge is 2.25. The number of carbonyl (C=O) groups excluding carboxylic acids is 2. The average molecular weight is 537 g/mol. The number of fused-ring (bicyclic) bond motifs is 2. The molecule has 1 saturated carbocycles. The first kappa shape index (κ1) is 25.4. The number of aromatic nitrogens is 2. The fraction of sp³-hybridized carbons (Fsp3) is 0.226. The molecular formula is C31H28N4O5. The van der Waals surface area contributed by atoms with Crippen LogP contribution in [0.2, 0.25) is 0 Å². The van der Waals surface area contributed by atoms with Crippen molar-refractivity contribution >= 4 is 33.8 Å². The van der Waals surface area contributed by atoms with Gasteiger partial charge in [-0.05, 0) is 54.7 Å². The van der Waals surface area contributed by atoms with E-state index in [-0.39, 0.29) is 12.0 Å².